The molecule has 2 aliphatic heterocycles. The molecule has 0 aromatic heterocycles. The van der Waals surface area contributed by atoms with Gasteiger partial charge in [-0.25, -0.2) is 9.96 Å². The van der Waals surface area contributed by atoms with Crippen molar-refractivity contribution < 1.29 is 23.9 Å². The first-order valence-electron chi connectivity index (χ1n) is 12.4. The van der Waals surface area contributed by atoms with Crippen LogP contribution in [0.15, 0.2) is 72.8 Å². The summed E-state index contributed by atoms with van der Waals surface area (Å²) in [6, 6.07) is 22.1. The molecule has 3 aromatic carbocycles. The number of ether oxygens (including phenoxy) is 2. The monoisotopic (exact) mass is 486 g/mol. The van der Waals surface area contributed by atoms with Gasteiger partial charge in [-0.3, -0.25) is 14.4 Å². The maximum absolute atomic E-state index is 13.9. The number of hydrogen-bond acceptors (Lipinski definition) is 6. The lowest BCUT2D eigenvalue weighted by molar-refractivity contribution is -0.126. The van der Waals surface area contributed by atoms with Crippen LogP contribution in [0.25, 0.3) is 0 Å². The van der Waals surface area contributed by atoms with E-state index in [1.807, 2.05) is 87.5 Å². The molecular weight excluding hydrogens is 456 g/mol. The maximum Gasteiger partial charge on any atom is 0.266 e. The van der Waals surface area contributed by atoms with Crippen LogP contribution in [0.5, 0.6) is 11.5 Å². The Kier molecular flexibility index (Phi) is 6.65. The predicted molar refractivity (Wildman–Crippen MR) is 137 cm³/mol. The zero-order valence-corrected chi connectivity index (χ0v) is 20.7. The van der Waals surface area contributed by atoms with Crippen LogP contribution < -0.4 is 19.4 Å². The van der Waals surface area contributed by atoms with Crippen LogP contribution in [0.3, 0.4) is 0 Å². The number of imide groups is 1. The van der Waals surface area contributed by atoms with Gasteiger partial charge in [-0.1, -0.05) is 49.4 Å². The van der Waals surface area contributed by atoms with Gasteiger partial charge in [0.05, 0.1) is 30.6 Å². The number of fused-ring (bicyclic) bond motifs is 1. The van der Waals surface area contributed by atoms with Crippen LogP contribution in [-0.2, 0) is 14.4 Å². The number of hydroxylamine groups is 1. The van der Waals surface area contributed by atoms with Crippen molar-refractivity contribution in [3.8, 4) is 11.5 Å². The quantitative estimate of drug-likeness (QED) is 0.406. The van der Waals surface area contributed by atoms with Crippen LogP contribution >= 0.6 is 0 Å². The second-order valence-corrected chi connectivity index (χ2v) is 8.94. The third-order valence-corrected chi connectivity index (χ3v) is 6.55. The highest BCUT2D eigenvalue weighted by Gasteiger charge is 2.60. The molecule has 2 aliphatic rings. The summed E-state index contributed by atoms with van der Waals surface area (Å²) >= 11 is 0. The molecule has 3 aromatic rings. The van der Waals surface area contributed by atoms with Gasteiger partial charge in [0.1, 0.15) is 5.92 Å². The average Bonchev–Trinajstić information content (AvgIpc) is 3.40. The van der Waals surface area contributed by atoms with Crippen LogP contribution in [0, 0.1) is 12.8 Å². The normalized spacial score (nSPS) is 21.1. The van der Waals surface area contributed by atoms with Gasteiger partial charge in [-0.05, 0) is 61.7 Å². The number of hydrogen-bond donors (Lipinski definition) is 0. The van der Waals surface area contributed by atoms with E-state index in [2.05, 4.69) is 0 Å². The van der Waals surface area contributed by atoms with Crippen molar-refractivity contribution in [2.75, 3.05) is 23.2 Å². The summed E-state index contributed by atoms with van der Waals surface area (Å²) in [5.41, 5.74) is 3.02. The number of aryl methyl sites for hydroxylation is 1. The second-order valence-electron chi connectivity index (χ2n) is 8.94. The SMILES string of the molecule is CCCOc1ccc([C@@H]2[C@@H]3C(=O)N(c4ccccc4C)C(=O)[C@@H]3ON2c2ccccc2)cc1OCC. The Balaban J connectivity index is 1.59. The fourth-order valence-corrected chi connectivity index (χ4v) is 4.91. The topological polar surface area (TPSA) is 68.3 Å². The second kappa shape index (κ2) is 10.0. The largest absolute Gasteiger partial charge is 0.490 e. The summed E-state index contributed by atoms with van der Waals surface area (Å²) in [6.07, 6.45) is -0.0467. The molecule has 2 heterocycles. The van der Waals surface area contributed by atoms with Gasteiger partial charge in [0.25, 0.3) is 5.91 Å². The Labute approximate surface area is 211 Å². The third kappa shape index (κ3) is 4.09. The molecule has 3 atom stereocenters. The molecule has 36 heavy (non-hydrogen) atoms. The Hall–Kier alpha value is -3.84. The van der Waals surface area contributed by atoms with Crippen molar-refractivity contribution in [2.45, 2.75) is 39.3 Å². The maximum atomic E-state index is 13.9. The molecule has 0 aliphatic carbocycles. The standard InChI is InChI=1S/C29H30N2O5/c1-4-17-35-23-16-15-20(18-24(23)34-5-2)26-25-27(36-31(26)21-12-7-6-8-13-21)29(33)30(28(25)32)22-14-10-9-11-19(22)3/h6-16,18,25-27H,4-5,17H2,1-3H3/t25-,26+,27+/m0/s1. The zero-order chi connectivity index (χ0) is 25.2. The van der Waals surface area contributed by atoms with Gasteiger partial charge in [-0.15, -0.1) is 0 Å². The number of nitrogens with zero attached hydrogens (tertiary/aromatic N) is 2. The fourth-order valence-electron chi connectivity index (χ4n) is 4.91. The van der Waals surface area contributed by atoms with Crippen molar-refractivity contribution in [3.63, 3.8) is 0 Å². The van der Waals surface area contributed by atoms with Gasteiger partial charge in [0.15, 0.2) is 17.6 Å². The molecule has 0 radical (unpaired) electrons. The summed E-state index contributed by atoms with van der Waals surface area (Å²) in [5, 5.41) is 1.69. The van der Waals surface area contributed by atoms with E-state index in [4.69, 9.17) is 14.3 Å². The van der Waals surface area contributed by atoms with Gasteiger partial charge in [0, 0.05) is 0 Å². The molecule has 0 bridgehead atoms. The van der Waals surface area contributed by atoms with Crippen LogP contribution in [-0.4, -0.2) is 31.1 Å². The first kappa shape index (κ1) is 23.9. The lowest BCUT2D eigenvalue weighted by Gasteiger charge is -2.29. The van der Waals surface area contributed by atoms with E-state index >= 15 is 0 Å². The summed E-state index contributed by atoms with van der Waals surface area (Å²) < 4.78 is 11.8. The van der Waals surface area contributed by atoms with Crippen LogP contribution in [0.2, 0.25) is 0 Å². The number of benzene rings is 3. The minimum absolute atomic E-state index is 0.271. The van der Waals surface area contributed by atoms with E-state index in [-0.39, 0.29) is 11.8 Å². The molecule has 186 valence electrons. The molecule has 0 N–H and O–H groups in total. The number of amides is 2. The van der Waals surface area contributed by atoms with E-state index in [1.165, 1.54) is 4.90 Å². The lowest BCUT2D eigenvalue weighted by Crippen LogP contribution is -2.37. The van der Waals surface area contributed by atoms with E-state index in [9.17, 15) is 9.59 Å². The molecule has 0 unspecified atom stereocenters. The van der Waals surface area contributed by atoms with Gasteiger partial charge < -0.3 is 9.47 Å². The third-order valence-electron chi connectivity index (χ3n) is 6.55. The molecule has 2 amide bonds. The van der Waals surface area contributed by atoms with E-state index in [1.54, 1.807) is 11.1 Å². The number of rotatable bonds is 8. The van der Waals surface area contributed by atoms with Crippen molar-refractivity contribution in [1.29, 1.82) is 0 Å². The predicted octanol–water partition coefficient (Wildman–Crippen LogP) is 5.23. The number of carbonyl (C=O) groups is 2. The first-order chi connectivity index (χ1) is 17.5. The Morgan fingerprint density at radius 2 is 1.61 bits per heavy atom. The van der Waals surface area contributed by atoms with Crippen molar-refractivity contribution in [2.24, 2.45) is 5.92 Å². The summed E-state index contributed by atoms with van der Waals surface area (Å²) in [4.78, 5) is 35.0. The Bertz CT molecular complexity index is 1260. The number of anilines is 2. The molecule has 7 heteroatoms. The van der Waals surface area contributed by atoms with Crippen LogP contribution in [0.1, 0.15) is 37.4 Å². The molecule has 2 saturated heterocycles. The van der Waals surface area contributed by atoms with Crippen LogP contribution in [0.4, 0.5) is 11.4 Å². The fraction of sp³-hybridized carbons (Fsp3) is 0.310. The minimum atomic E-state index is -0.922. The van der Waals surface area contributed by atoms with E-state index in [0.717, 1.165) is 23.2 Å². The Morgan fingerprint density at radius 3 is 2.33 bits per heavy atom. The van der Waals surface area contributed by atoms with Crippen molar-refractivity contribution in [3.05, 3.63) is 83.9 Å². The first-order valence-corrected chi connectivity index (χ1v) is 12.4. The van der Waals surface area contributed by atoms with Crippen molar-refractivity contribution >= 4 is 23.2 Å². The minimum Gasteiger partial charge on any atom is -0.490 e. The Morgan fingerprint density at radius 1 is 0.861 bits per heavy atom. The molecule has 7 nitrogen and oxygen atoms in total. The molecular formula is C29H30N2O5. The van der Waals surface area contributed by atoms with E-state index < -0.39 is 18.1 Å². The number of para-hydroxylation sites is 2. The summed E-state index contributed by atoms with van der Waals surface area (Å²) in [5.74, 6) is -0.0798. The van der Waals surface area contributed by atoms with Gasteiger partial charge in [-0.2, -0.15) is 0 Å². The van der Waals surface area contributed by atoms with Gasteiger partial charge in [0.2, 0.25) is 5.91 Å². The molecule has 0 spiro atoms. The summed E-state index contributed by atoms with van der Waals surface area (Å²) in [7, 11) is 0. The number of carbonyl (C=O) groups excluding carboxylic acids is 2. The highest BCUT2D eigenvalue weighted by Crippen LogP contribution is 2.49. The van der Waals surface area contributed by atoms with Crippen molar-refractivity contribution in [1.82, 2.24) is 0 Å². The molecule has 0 saturated carbocycles. The van der Waals surface area contributed by atoms with E-state index in [0.29, 0.717) is 30.4 Å². The highest BCUT2D eigenvalue weighted by atomic mass is 16.7. The average molecular weight is 487 g/mol. The smallest absolute Gasteiger partial charge is 0.266 e. The molecule has 5 rings (SSSR count). The lowest BCUT2D eigenvalue weighted by atomic mass is 9.90. The highest BCUT2D eigenvalue weighted by molar-refractivity contribution is 6.24. The molecule has 2 fully saturated rings. The zero-order valence-electron chi connectivity index (χ0n) is 20.7. The van der Waals surface area contributed by atoms with Gasteiger partial charge >= 0.3 is 0 Å². The summed E-state index contributed by atoms with van der Waals surface area (Å²) in [6.45, 7) is 6.90.